The Bertz CT molecular complexity index is 486. The number of carbonyl (C=O) groups excluding carboxylic acids is 1. The van der Waals surface area contributed by atoms with Gasteiger partial charge < -0.3 is 4.90 Å². The number of rotatable bonds is 3. The molecule has 1 atom stereocenters. The van der Waals surface area contributed by atoms with Crippen LogP contribution in [-0.4, -0.2) is 65.1 Å². The molecule has 5 nitrogen and oxygen atoms in total. The molecule has 0 aromatic carbocycles. The van der Waals surface area contributed by atoms with Gasteiger partial charge in [0.15, 0.2) is 5.78 Å². The maximum Gasteiger partial charge on any atom is 0.200 e. The molecule has 0 saturated carbocycles. The van der Waals surface area contributed by atoms with E-state index >= 15 is 0 Å². The number of carbonyl (C=O) groups is 1. The van der Waals surface area contributed by atoms with Crippen LogP contribution in [0.25, 0.3) is 0 Å². The second-order valence-corrected chi connectivity index (χ2v) is 6.71. The van der Waals surface area contributed by atoms with Gasteiger partial charge in [-0.05, 0) is 63.4 Å². The molecular formula is C14H23BrN4O. The molecule has 0 aliphatic carbocycles. The monoisotopic (exact) mass is 342 g/mol. The van der Waals surface area contributed by atoms with Crippen molar-refractivity contribution >= 4 is 21.7 Å². The van der Waals surface area contributed by atoms with E-state index in [-0.39, 0.29) is 17.9 Å². The van der Waals surface area contributed by atoms with Crippen LogP contribution in [0.15, 0.2) is 10.7 Å². The summed E-state index contributed by atoms with van der Waals surface area (Å²) >= 11 is 3.47. The Morgan fingerprint density at radius 2 is 2.10 bits per heavy atom. The summed E-state index contributed by atoms with van der Waals surface area (Å²) in [5.41, 5.74) is 0.687. The van der Waals surface area contributed by atoms with Crippen molar-refractivity contribution in [3.8, 4) is 0 Å². The van der Waals surface area contributed by atoms with Crippen LogP contribution in [0.4, 0.5) is 0 Å². The molecule has 0 spiro atoms. The molecule has 112 valence electrons. The van der Waals surface area contributed by atoms with Crippen molar-refractivity contribution in [2.45, 2.75) is 32.4 Å². The number of ketones is 1. The molecule has 1 saturated heterocycles. The van der Waals surface area contributed by atoms with Gasteiger partial charge in [0.05, 0.1) is 16.7 Å². The van der Waals surface area contributed by atoms with E-state index in [1.165, 1.54) is 0 Å². The zero-order valence-electron chi connectivity index (χ0n) is 12.6. The highest BCUT2D eigenvalue weighted by atomic mass is 79.9. The van der Waals surface area contributed by atoms with Crippen LogP contribution in [0.1, 0.15) is 36.8 Å². The normalized spacial score (nSPS) is 22.2. The maximum atomic E-state index is 13.0. The van der Waals surface area contributed by atoms with E-state index < -0.39 is 0 Å². The summed E-state index contributed by atoms with van der Waals surface area (Å²) in [6.45, 7) is 6.84. The smallest absolute Gasteiger partial charge is 0.200 e. The zero-order chi connectivity index (χ0) is 14.9. The molecule has 1 aromatic rings. The van der Waals surface area contributed by atoms with E-state index in [0.717, 1.165) is 30.5 Å². The second kappa shape index (κ2) is 6.37. The molecule has 1 aromatic heterocycles. The van der Waals surface area contributed by atoms with Gasteiger partial charge in [-0.3, -0.25) is 14.4 Å². The number of Topliss-reactive ketones (excluding diaryl/α,β-unsaturated/α-hetero) is 1. The molecule has 20 heavy (non-hydrogen) atoms. The minimum atomic E-state index is -0.104. The first-order valence-corrected chi connectivity index (χ1v) is 7.87. The van der Waals surface area contributed by atoms with Gasteiger partial charge in [0.2, 0.25) is 0 Å². The first-order chi connectivity index (χ1) is 9.41. The van der Waals surface area contributed by atoms with E-state index in [9.17, 15) is 4.79 Å². The van der Waals surface area contributed by atoms with Gasteiger partial charge in [-0.25, -0.2) is 0 Å². The van der Waals surface area contributed by atoms with E-state index in [2.05, 4.69) is 37.9 Å². The van der Waals surface area contributed by atoms with E-state index in [4.69, 9.17) is 0 Å². The molecule has 0 radical (unpaired) electrons. The lowest BCUT2D eigenvalue weighted by Gasteiger charge is -2.26. The van der Waals surface area contributed by atoms with Crippen molar-refractivity contribution in [3.63, 3.8) is 0 Å². The first-order valence-electron chi connectivity index (χ1n) is 7.07. The average Bonchev–Trinajstić information content (AvgIpc) is 2.68. The number of hydrogen-bond donors (Lipinski definition) is 0. The summed E-state index contributed by atoms with van der Waals surface area (Å²) in [7, 11) is 4.11. The predicted octanol–water partition coefficient (Wildman–Crippen LogP) is 2.05. The molecule has 0 bridgehead atoms. The fraction of sp³-hybridized carbons (Fsp3) is 0.714. The van der Waals surface area contributed by atoms with Crippen LogP contribution in [0.5, 0.6) is 0 Å². The summed E-state index contributed by atoms with van der Waals surface area (Å²) in [6, 6.07) is 0.0714. The molecule has 1 fully saturated rings. The lowest BCUT2D eigenvalue weighted by atomic mass is 10.1. The first kappa shape index (κ1) is 15.7. The number of likely N-dealkylation sites (N-methyl/N-ethyl adjacent to an activating group) is 2. The Balaban J connectivity index is 2.32. The topological polar surface area (TPSA) is 41.4 Å². The van der Waals surface area contributed by atoms with Gasteiger partial charge in [0.25, 0.3) is 0 Å². The molecule has 1 aliphatic heterocycles. The highest BCUT2D eigenvalue weighted by Crippen LogP contribution is 2.23. The van der Waals surface area contributed by atoms with Crippen LogP contribution in [0.2, 0.25) is 0 Å². The summed E-state index contributed by atoms with van der Waals surface area (Å²) < 4.78 is 2.60. The molecule has 0 N–H and O–H groups in total. The minimum Gasteiger partial charge on any atom is -0.304 e. The van der Waals surface area contributed by atoms with Crippen LogP contribution in [0, 0.1) is 0 Å². The van der Waals surface area contributed by atoms with Gasteiger partial charge >= 0.3 is 0 Å². The lowest BCUT2D eigenvalue weighted by molar-refractivity contribution is 0.0825. The summed E-state index contributed by atoms with van der Waals surface area (Å²) in [5.74, 6) is 0.152. The SMILES string of the molecule is CC(C)n1ncc(Br)c1C(=O)C1CN(C)CCCN1C. The molecule has 1 aliphatic rings. The average molecular weight is 343 g/mol. The fourth-order valence-electron chi connectivity index (χ4n) is 2.68. The number of hydrogen-bond acceptors (Lipinski definition) is 4. The van der Waals surface area contributed by atoms with Crippen molar-refractivity contribution in [2.24, 2.45) is 0 Å². The quantitative estimate of drug-likeness (QED) is 0.788. The van der Waals surface area contributed by atoms with Crippen LogP contribution in [0.3, 0.4) is 0 Å². The van der Waals surface area contributed by atoms with Crippen molar-refractivity contribution in [1.29, 1.82) is 0 Å². The Hall–Kier alpha value is -0.720. The van der Waals surface area contributed by atoms with Crippen molar-refractivity contribution in [3.05, 3.63) is 16.4 Å². The third-order valence-electron chi connectivity index (χ3n) is 3.84. The van der Waals surface area contributed by atoms with Crippen molar-refractivity contribution in [1.82, 2.24) is 19.6 Å². The maximum absolute atomic E-state index is 13.0. The van der Waals surface area contributed by atoms with E-state index in [1.54, 1.807) is 6.20 Å². The largest absolute Gasteiger partial charge is 0.304 e. The summed E-state index contributed by atoms with van der Waals surface area (Å²) in [6.07, 6.45) is 2.81. The van der Waals surface area contributed by atoms with Crippen molar-refractivity contribution in [2.75, 3.05) is 33.7 Å². The van der Waals surface area contributed by atoms with Crippen LogP contribution in [-0.2, 0) is 0 Å². The Labute approximate surface area is 129 Å². The van der Waals surface area contributed by atoms with E-state index in [0.29, 0.717) is 5.69 Å². The van der Waals surface area contributed by atoms with Gasteiger partial charge in [0.1, 0.15) is 5.69 Å². The third-order valence-corrected chi connectivity index (χ3v) is 4.42. The highest BCUT2D eigenvalue weighted by molar-refractivity contribution is 9.10. The number of halogens is 1. The highest BCUT2D eigenvalue weighted by Gasteiger charge is 2.31. The second-order valence-electron chi connectivity index (χ2n) is 5.86. The minimum absolute atomic E-state index is 0.104. The Morgan fingerprint density at radius 1 is 1.40 bits per heavy atom. The predicted molar refractivity (Wildman–Crippen MR) is 83.2 cm³/mol. The Morgan fingerprint density at radius 3 is 2.75 bits per heavy atom. The zero-order valence-corrected chi connectivity index (χ0v) is 14.2. The fourth-order valence-corrected chi connectivity index (χ4v) is 3.14. The standard InChI is InChI=1S/C14H23BrN4O/c1-10(2)19-13(11(15)8-16-19)14(20)12-9-17(3)6-5-7-18(12)4/h8,10,12H,5-7,9H2,1-4H3. The van der Waals surface area contributed by atoms with Gasteiger partial charge in [-0.15, -0.1) is 0 Å². The van der Waals surface area contributed by atoms with Gasteiger partial charge in [0, 0.05) is 12.6 Å². The number of aromatic nitrogens is 2. The van der Waals surface area contributed by atoms with Gasteiger partial charge in [-0.2, -0.15) is 5.10 Å². The van der Waals surface area contributed by atoms with Crippen LogP contribution >= 0.6 is 15.9 Å². The van der Waals surface area contributed by atoms with Crippen LogP contribution < -0.4 is 0 Å². The number of nitrogens with zero attached hydrogens (tertiary/aromatic N) is 4. The third kappa shape index (κ3) is 3.13. The molecule has 0 amide bonds. The molecule has 1 unspecified atom stereocenters. The summed E-state index contributed by atoms with van der Waals surface area (Å²) in [4.78, 5) is 17.4. The lowest BCUT2D eigenvalue weighted by Crippen LogP contribution is -2.44. The van der Waals surface area contributed by atoms with Gasteiger partial charge in [-0.1, -0.05) is 0 Å². The molecule has 6 heteroatoms. The van der Waals surface area contributed by atoms with E-state index in [1.807, 2.05) is 25.6 Å². The molecule has 2 heterocycles. The van der Waals surface area contributed by atoms with Crippen molar-refractivity contribution < 1.29 is 4.79 Å². The Kier molecular flexibility index (Phi) is 4.99. The summed E-state index contributed by atoms with van der Waals surface area (Å²) in [5, 5.41) is 4.32. The molecule has 2 rings (SSSR count). The molecular weight excluding hydrogens is 320 g/mol.